The lowest BCUT2D eigenvalue weighted by atomic mass is 9.86. The van der Waals surface area contributed by atoms with Crippen LogP contribution in [0, 0.1) is 5.92 Å². The molecule has 0 spiro atoms. The van der Waals surface area contributed by atoms with Gasteiger partial charge in [-0.05, 0) is 56.5 Å². The van der Waals surface area contributed by atoms with Gasteiger partial charge in [-0.3, -0.25) is 0 Å². The van der Waals surface area contributed by atoms with E-state index in [2.05, 4.69) is 57.9 Å². The number of hydrogen-bond acceptors (Lipinski definition) is 2. The number of benzene rings is 1. The van der Waals surface area contributed by atoms with Gasteiger partial charge in [0, 0.05) is 22.7 Å². The van der Waals surface area contributed by atoms with Crippen molar-refractivity contribution < 1.29 is 0 Å². The van der Waals surface area contributed by atoms with Crippen LogP contribution in [0.5, 0.6) is 0 Å². The molecular weight excluding hydrogens is 276 g/mol. The summed E-state index contributed by atoms with van der Waals surface area (Å²) in [7, 11) is 2.08. The van der Waals surface area contributed by atoms with E-state index in [1.165, 1.54) is 31.4 Å². The molecule has 2 atom stereocenters. The standard InChI is InChI=1S/C14H21BrN2/c1-16-14-4-2-3-11(9-14)10-17-13-7-5-12(15)6-8-13/h5-8,11,14,16-17H,2-4,9-10H2,1H3. The van der Waals surface area contributed by atoms with E-state index in [1.54, 1.807) is 0 Å². The van der Waals surface area contributed by atoms with Gasteiger partial charge in [0.25, 0.3) is 0 Å². The molecule has 0 amide bonds. The van der Waals surface area contributed by atoms with Gasteiger partial charge in [-0.1, -0.05) is 22.4 Å². The summed E-state index contributed by atoms with van der Waals surface area (Å²) in [5.41, 5.74) is 1.22. The quantitative estimate of drug-likeness (QED) is 0.886. The monoisotopic (exact) mass is 296 g/mol. The van der Waals surface area contributed by atoms with Crippen molar-refractivity contribution in [3.63, 3.8) is 0 Å². The van der Waals surface area contributed by atoms with Gasteiger partial charge < -0.3 is 10.6 Å². The van der Waals surface area contributed by atoms with Crippen LogP contribution in [0.25, 0.3) is 0 Å². The Hall–Kier alpha value is -0.540. The molecule has 2 unspecified atom stereocenters. The second-order valence-corrected chi connectivity index (χ2v) is 5.82. The maximum atomic E-state index is 3.54. The van der Waals surface area contributed by atoms with E-state index < -0.39 is 0 Å². The highest BCUT2D eigenvalue weighted by Gasteiger charge is 2.20. The van der Waals surface area contributed by atoms with Gasteiger partial charge in [-0.15, -0.1) is 0 Å². The lowest BCUT2D eigenvalue weighted by molar-refractivity contribution is 0.306. The van der Waals surface area contributed by atoms with Crippen LogP contribution in [0.1, 0.15) is 25.7 Å². The van der Waals surface area contributed by atoms with Crippen molar-refractivity contribution in [1.82, 2.24) is 5.32 Å². The van der Waals surface area contributed by atoms with Gasteiger partial charge in [0.15, 0.2) is 0 Å². The van der Waals surface area contributed by atoms with Crippen molar-refractivity contribution in [2.45, 2.75) is 31.7 Å². The Morgan fingerprint density at radius 3 is 2.71 bits per heavy atom. The Balaban J connectivity index is 1.79. The second-order valence-electron chi connectivity index (χ2n) is 4.91. The molecular formula is C14H21BrN2. The van der Waals surface area contributed by atoms with Crippen LogP contribution in [0.2, 0.25) is 0 Å². The summed E-state index contributed by atoms with van der Waals surface area (Å²) in [6.45, 7) is 1.10. The first-order valence-electron chi connectivity index (χ1n) is 6.44. The fourth-order valence-electron chi connectivity index (χ4n) is 2.57. The average molecular weight is 297 g/mol. The Kier molecular flexibility index (Phi) is 4.86. The summed E-state index contributed by atoms with van der Waals surface area (Å²) in [5.74, 6) is 0.810. The number of anilines is 1. The molecule has 3 heteroatoms. The Bertz CT molecular complexity index is 337. The number of rotatable bonds is 4. The first kappa shape index (κ1) is 12.9. The Labute approximate surface area is 112 Å². The fraction of sp³-hybridized carbons (Fsp3) is 0.571. The lowest BCUT2D eigenvalue weighted by Gasteiger charge is -2.29. The first-order chi connectivity index (χ1) is 8.28. The lowest BCUT2D eigenvalue weighted by Crippen LogP contribution is -2.33. The SMILES string of the molecule is CNC1CCCC(CNc2ccc(Br)cc2)C1. The van der Waals surface area contributed by atoms with Gasteiger partial charge in [0.05, 0.1) is 0 Å². The normalized spacial score (nSPS) is 24.6. The smallest absolute Gasteiger partial charge is 0.0341 e. The molecule has 1 fully saturated rings. The predicted octanol–water partition coefficient (Wildman–Crippen LogP) is 3.64. The zero-order valence-corrected chi connectivity index (χ0v) is 12.0. The third-order valence-corrected chi connectivity index (χ3v) is 4.16. The number of nitrogens with one attached hydrogen (secondary N) is 2. The van der Waals surface area contributed by atoms with Crippen LogP contribution in [-0.4, -0.2) is 19.6 Å². The van der Waals surface area contributed by atoms with E-state index in [0.29, 0.717) is 0 Å². The molecule has 1 aliphatic rings. The molecule has 94 valence electrons. The third-order valence-electron chi connectivity index (χ3n) is 3.63. The molecule has 2 N–H and O–H groups in total. The van der Waals surface area contributed by atoms with Crippen LogP contribution in [0.15, 0.2) is 28.7 Å². The summed E-state index contributed by atoms with van der Waals surface area (Å²) in [6.07, 6.45) is 5.37. The van der Waals surface area contributed by atoms with Gasteiger partial charge in [-0.25, -0.2) is 0 Å². The van der Waals surface area contributed by atoms with Crippen molar-refractivity contribution in [2.24, 2.45) is 5.92 Å². The molecule has 1 aliphatic carbocycles. The van der Waals surface area contributed by atoms with Crippen molar-refractivity contribution in [3.05, 3.63) is 28.7 Å². The van der Waals surface area contributed by atoms with Crippen LogP contribution in [-0.2, 0) is 0 Å². The van der Waals surface area contributed by atoms with Crippen LogP contribution in [0.3, 0.4) is 0 Å². The molecule has 2 nitrogen and oxygen atoms in total. The average Bonchev–Trinajstić information content (AvgIpc) is 2.38. The van der Waals surface area contributed by atoms with Gasteiger partial charge in [0.1, 0.15) is 0 Å². The topological polar surface area (TPSA) is 24.1 Å². The molecule has 0 bridgehead atoms. The highest BCUT2D eigenvalue weighted by Crippen LogP contribution is 2.24. The second kappa shape index (κ2) is 6.41. The molecule has 17 heavy (non-hydrogen) atoms. The van der Waals surface area contributed by atoms with E-state index in [1.807, 2.05) is 0 Å². The van der Waals surface area contributed by atoms with Crippen LogP contribution in [0.4, 0.5) is 5.69 Å². The maximum absolute atomic E-state index is 3.54. The summed E-state index contributed by atoms with van der Waals surface area (Å²) < 4.78 is 1.14. The largest absolute Gasteiger partial charge is 0.385 e. The minimum Gasteiger partial charge on any atom is -0.385 e. The highest BCUT2D eigenvalue weighted by molar-refractivity contribution is 9.10. The van der Waals surface area contributed by atoms with Crippen molar-refractivity contribution >= 4 is 21.6 Å². The molecule has 0 radical (unpaired) electrons. The minimum absolute atomic E-state index is 0.723. The summed E-state index contributed by atoms with van der Waals surface area (Å²) in [6, 6.07) is 9.14. The molecule has 0 saturated heterocycles. The number of halogens is 1. The van der Waals surface area contributed by atoms with Crippen LogP contribution < -0.4 is 10.6 Å². The van der Waals surface area contributed by atoms with Gasteiger partial charge in [0.2, 0.25) is 0 Å². The summed E-state index contributed by atoms with van der Waals surface area (Å²) >= 11 is 3.45. The molecule has 1 saturated carbocycles. The Morgan fingerprint density at radius 1 is 1.24 bits per heavy atom. The highest BCUT2D eigenvalue weighted by atomic mass is 79.9. The van der Waals surface area contributed by atoms with Crippen molar-refractivity contribution in [2.75, 3.05) is 18.9 Å². The van der Waals surface area contributed by atoms with E-state index in [0.717, 1.165) is 23.0 Å². The molecule has 2 rings (SSSR count). The molecule has 0 aliphatic heterocycles. The van der Waals surface area contributed by atoms with Crippen molar-refractivity contribution in [1.29, 1.82) is 0 Å². The Morgan fingerprint density at radius 2 is 2.00 bits per heavy atom. The molecule has 1 aromatic carbocycles. The van der Waals surface area contributed by atoms with E-state index in [4.69, 9.17) is 0 Å². The molecule has 0 heterocycles. The number of hydrogen-bond donors (Lipinski definition) is 2. The summed E-state index contributed by atoms with van der Waals surface area (Å²) in [5, 5.41) is 6.94. The predicted molar refractivity (Wildman–Crippen MR) is 77.4 cm³/mol. The van der Waals surface area contributed by atoms with Gasteiger partial charge >= 0.3 is 0 Å². The van der Waals surface area contributed by atoms with E-state index >= 15 is 0 Å². The molecule has 0 aromatic heterocycles. The summed E-state index contributed by atoms with van der Waals surface area (Å²) in [4.78, 5) is 0. The zero-order chi connectivity index (χ0) is 12.1. The van der Waals surface area contributed by atoms with E-state index in [-0.39, 0.29) is 0 Å². The fourth-order valence-corrected chi connectivity index (χ4v) is 2.83. The minimum atomic E-state index is 0.723. The maximum Gasteiger partial charge on any atom is 0.0341 e. The van der Waals surface area contributed by atoms with Crippen LogP contribution >= 0.6 is 15.9 Å². The molecule has 1 aromatic rings. The van der Waals surface area contributed by atoms with Gasteiger partial charge in [-0.2, -0.15) is 0 Å². The zero-order valence-electron chi connectivity index (χ0n) is 10.4. The van der Waals surface area contributed by atoms with E-state index in [9.17, 15) is 0 Å². The van der Waals surface area contributed by atoms with Crippen molar-refractivity contribution in [3.8, 4) is 0 Å². The first-order valence-corrected chi connectivity index (χ1v) is 7.24. The third kappa shape index (κ3) is 4.00.